The molecule has 134 valence electrons. The molecule has 4 aliphatic carbocycles. The van der Waals surface area contributed by atoms with Crippen molar-refractivity contribution >= 4 is 6.21 Å². The van der Waals surface area contributed by atoms with Crippen LogP contribution in [0, 0.1) is 40.4 Å². The number of nitrogens with zero attached hydrogens (tertiary/aromatic N) is 1. The minimum absolute atomic E-state index is 0.520. The van der Waals surface area contributed by atoms with Crippen molar-refractivity contribution in [2.24, 2.45) is 45.4 Å². The van der Waals surface area contributed by atoms with Gasteiger partial charge < -0.3 is 5.32 Å². The average Bonchev–Trinajstić information content (AvgIpc) is 3.12. The fraction of sp³-hybridized carbons (Fsp3) is 0.955. The molecule has 0 amide bonds. The second-order valence-electron chi connectivity index (χ2n) is 10.3. The van der Waals surface area contributed by atoms with Gasteiger partial charge in [-0.1, -0.05) is 6.92 Å². The Morgan fingerprint density at radius 1 is 0.958 bits per heavy atom. The van der Waals surface area contributed by atoms with Gasteiger partial charge in [-0.25, -0.2) is 0 Å². The Morgan fingerprint density at radius 3 is 2.62 bits per heavy atom. The molecule has 1 N–H and O–H groups in total. The molecule has 2 heteroatoms. The Kier molecular flexibility index (Phi) is 3.51. The molecule has 4 fully saturated rings. The summed E-state index contributed by atoms with van der Waals surface area (Å²) < 4.78 is 0. The molecular weight excluding hydrogens is 292 g/mol. The highest BCUT2D eigenvalue weighted by atomic mass is 14.9. The fourth-order valence-corrected chi connectivity index (χ4v) is 8.59. The molecule has 1 heterocycles. The van der Waals surface area contributed by atoms with E-state index in [9.17, 15) is 0 Å². The van der Waals surface area contributed by atoms with E-state index < -0.39 is 0 Å². The largest absolute Gasteiger partial charge is 0.317 e. The third kappa shape index (κ3) is 1.90. The summed E-state index contributed by atoms with van der Waals surface area (Å²) >= 11 is 0. The van der Waals surface area contributed by atoms with Gasteiger partial charge in [0.25, 0.3) is 0 Å². The highest BCUT2D eigenvalue weighted by molar-refractivity contribution is 5.71. The predicted octanol–water partition coefficient (Wildman–Crippen LogP) is 4.69. The van der Waals surface area contributed by atoms with E-state index in [1.54, 1.807) is 0 Å². The molecule has 5 aliphatic rings. The molecule has 0 bridgehead atoms. The standard InChI is InChI=1S/C22H36N2/c1-14-18-6-7-20-17-5-4-15-12-16(23-3)8-10-21(15,2)19(17)9-11-22(18,20)13-24-14/h13-20,23H,4-12H2,1-3H3/t14-,15?,16-,17+,18+,19-,20-,21-,22-/m0/s1. The van der Waals surface area contributed by atoms with Crippen molar-refractivity contribution in [2.45, 2.75) is 83.7 Å². The molecule has 2 nitrogen and oxygen atoms in total. The number of rotatable bonds is 1. The number of hydrogen-bond acceptors (Lipinski definition) is 2. The highest BCUT2D eigenvalue weighted by Crippen LogP contribution is 2.68. The third-order valence-electron chi connectivity index (χ3n) is 9.86. The van der Waals surface area contributed by atoms with Gasteiger partial charge in [0.15, 0.2) is 0 Å². The zero-order valence-corrected chi connectivity index (χ0v) is 15.9. The minimum Gasteiger partial charge on any atom is -0.317 e. The van der Waals surface area contributed by atoms with Crippen LogP contribution in [0.15, 0.2) is 4.99 Å². The third-order valence-corrected chi connectivity index (χ3v) is 9.86. The SMILES string of the molecule is CN[C@H]1CC[C@@]2(C)C(CC[C@H]3[C@@H]4CC[C@@H]5[C@H](C)N=C[C@@]54CC[C@@H]32)C1. The van der Waals surface area contributed by atoms with Gasteiger partial charge in [0, 0.05) is 17.7 Å². The number of nitrogens with one attached hydrogen (secondary N) is 1. The first-order chi connectivity index (χ1) is 11.6. The maximum atomic E-state index is 4.92. The summed E-state index contributed by atoms with van der Waals surface area (Å²) in [5.74, 6) is 4.84. The van der Waals surface area contributed by atoms with Gasteiger partial charge >= 0.3 is 0 Å². The molecule has 0 saturated heterocycles. The van der Waals surface area contributed by atoms with E-state index in [0.29, 0.717) is 16.9 Å². The lowest BCUT2D eigenvalue weighted by Gasteiger charge is -2.60. The van der Waals surface area contributed by atoms with E-state index >= 15 is 0 Å². The first kappa shape index (κ1) is 15.9. The first-order valence-electron chi connectivity index (χ1n) is 10.8. The second-order valence-corrected chi connectivity index (χ2v) is 10.3. The van der Waals surface area contributed by atoms with Gasteiger partial charge in [0.05, 0.1) is 6.04 Å². The van der Waals surface area contributed by atoms with E-state index in [-0.39, 0.29) is 0 Å². The van der Waals surface area contributed by atoms with Crippen LogP contribution in [0.5, 0.6) is 0 Å². The molecule has 1 spiro atoms. The molecule has 1 unspecified atom stereocenters. The molecule has 9 atom stereocenters. The van der Waals surface area contributed by atoms with Gasteiger partial charge in [-0.2, -0.15) is 0 Å². The Labute approximate surface area is 148 Å². The summed E-state index contributed by atoms with van der Waals surface area (Å²) in [6.45, 7) is 5.07. The molecule has 5 rings (SSSR count). The zero-order chi connectivity index (χ0) is 16.5. The van der Waals surface area contributed by atoms with E-state index in [0.717, 1.165) is 35.6 Å². The Bertz CT molecular complexity index is 542. The summed E-state index contributed by atoms with van der Waals surface area (Å²) in [4.78, 5) is 4.92. The van der Waals surface area contributed by atoms with Crippen LogP contribution in [0.25, 0.3) is 0 Å². The van der Waals surface area contributed by atoms with Crippen LogP contribution in [-0.2, 0) is 0 Å². The summed E-state index contributed by atoms with van der Waals surface area (Å²) in [7, 11) is 2.17. The number of hydrogen-bond donors (Lipinski definition) is 1. The molecule has 0 aromatic heterocycles. The van der Waals surface area contributed by atoms with Crippen molar-refractivity contribution in [1.82, 2.24) is 5.32 Å². The van der Waals surface area contributed by atoms with Crippen LogP contribution in [0.1, 0.15) is 71.6 Å². The van der Waals surface area contributed by atoms with Crippen molar-refractivity contribution < 1.29 is 0 Å². The van der Waals surface area contributed by atoms with Crippen LogP contribution >= 0.6 is 0 Å². The Hall–Kier alpha value is -0.370. The Morgan fingerprint density at radius 2 is 1.79 bits per heavy atom. The first-order valence-corrected chi connectivity index (χ1v) is 10.8. The second kappa shape index (κ2) is 5.32. The Balaban J connectivity index is 1.43. The van der Waals surface area contributed by atoms with Gasteiger partial charge in [-0.05, 0) is 107 Å². The predicted molar refractivity (Wildman–Crippen MR) is 100 cm³/mol. The molecular formula is C22H36N2. The molecule has 4 saturated carbocycles. The minimum atomic E-state index is 0.520. The summed E-state index contributed by atoms with van der Waals surface area (Å²) in [5.41, 5.74) is 1.16. The van der Waals surface area contributed by atoms with Gasteiger partial charge in [0.1, 0.15) is 0 Å². The lowest BCUT2D eigenvalue weighted by molar-refractivity contribution is -0.101. The van der Waals surface area contributed by atoms with Crippen molar-refractivity contribution in [1.29, 1.82) is 0 Å². The maximum absolute atomic E-state index is 4.92. The van der Waals surface area contributed by atoms with Crippen LogP contribution in [0.4, 0.5) is 0 Å². The van der Waals surface area contributed by atoms with Gasteiger partial charge in [0.2, 0.25) is 0 Å². The van der Waals surface area contributed by atoms with Crippen molar-refractivity contribution in [3.63, 3.8) is 0 Å². The van der Waals surface area contributed by atoms with Crippen LogP contribution < -0.4 is 5.32 Å². The summed E-state index contributed by atoms with van der Waals surface area (Å²) in [6, 6.07) is 1.39. The molecule has 24 heavy (non-hydrogen) atoms. The van der Waals surface area contributed by atoms with Crippen LogP contribution in [0.3, 0.4) is 0 Å². The average molecular weight is 329 g/mol. The quantitative estimate of drug-likeness (QED) is 0.742. The topological polar surface area (TPSA) is 24.4 Å². The highest BCUT2D eigenvalue weighted by Gasteiger charge is 2.63. The smallest absolute Gasteiger partial charge is 0.0504 e. The zero-order valence-electron chi connectivity index (χ0n) is 15.9. The van der Waals surface area contributed by atoms with E-state index in [4.69, 9.17) is 4.99 Å². The van der Waals surface area contributed by atoms with Crippen molar-refractivity contribution in [2.75, 3.05) is 7.05 Å². The van der Waals surface area contributed by atoms with Crippen molar-refractivity contribution in [3.05, 3.63) is 0 Å². The van der Waals surface area contributed by atoms with Crippen LogP contribution in [-0.4, -0.2) is 25.3 Å². The molecule has 0 radical (unpaired) electrons. The molecule has 0 aromatic rings. The monoisotopic (exact) mass is 328 g/mol. The normalized spacial score (nSPS) is 58.7. The maximum Gasteiger partial charge on any atom is 0.0504 e. The summed E-state index contributed by atoms with van der Waals surface area (Å²) in [5, 5.41) is 3.58. The lowest BCUT2D eigenvalue weighted by Crippen LogP contribution is -2.55. The van der Waals surface area contributed by atoms with Gasteiger partial charge in [-0.3, -0.25) is 4.99 Å². The lowest BCUT2D eigenvalue weighted by atomic mass is 9.44. The van der Waals surface area contributed by atoms with Crippen LogP contribution in [0.2, 0.25) is 0 Å². The van der Waals surface area contributed by atoms with E-state index in [1.807, 2.05) is 0 Å². The molecule has 0 aromatic carbocycles. The van der Waals surface area contributed by atoms with E-state index in [2.05, 4.69) is 32.4 Å². The van der Waals surface area contributed by atoms with Gasteiger partial charge in [-0.15, -0.1) is 0 Å². The number of aliphatic imine (C=N–C) groups is 1. The van der Waals surface area contributed by atoms with E-state index in [1.165, 1.54) is 57.8 Å². The number of fused-ring (bicyclic) bond motifs is 4. The fourth-order valence-electron chi connectivity index (χ4n) is 8.59. The molecule has 1 aliphatic heterocycles. The summed E-state index contributed by atoms with van der Waals surface area (Å²) in [6.07, 6.45) is 15.7. The van der Waals surface area contributed by atoms with Crippen molar-refractivity contribution in [3.8, 4) is 0 Å².